The van der Waals surface area contributed by atoms with Gasteiger partial charge >= 0.3 is 0 Å². The first kappa shape index (κ1) is 22.0. The number of nitrogens with one attached hydrogen (secondary N) is 2. The standard InChI is InChI=1S/C24H34N6/c1-4-6-7-12-26-22-11-13-30(17-22)23-15-20(8-5-2)27-24(29-23)28-21-10-9-18(3)19(14-21)16-25/h9-10,14-15,22,26H,4-8,11-13,17H2,1-3H3,(H,27,28,29)/t22-/m0/s1. The Morgan fingerprint density at radius 3 is 2.80 bits per heavy atom. The van der Waals surface area contributed by atoms with Crippen molar-refractivity contribution in [3.8, 4) is 6.07 Å². The molecular formula is C24H34N6. The van der Waals surface area contributed by atoms with Gasteiger partial charge < -0.3 is 15.5 Å². The zero-order valence-corrected chi connectivity index (χ0v) is 18.5. The molecule has 0 aliphatic carbocycles. The minimum atomic E-state index is 0.526. The lowest BCUT2D eigenvalue weighted by Gasteiger charge is -2.20. The van der Waals surface area contributed by atoms with Crippen LogP contribution in [0.25, 0.3) is 0 Å². The van der Waals surface area contributed by atoms with E-state index in [4.69, 9.17) is 9.97 Å². The van der Waals surface area contributed by atoms with E-state index in [0.717, 1.165) is 61.7 Å². The molecule has 0 spiro atoms. The number of rotatable bonds is 10. The van der Waals surface area contributed by atoms with Gasteiger partial charge in [0.05, 0.1) is 11.6 Å². The maximum Gasteiger partial charge on any atom is 0.229 e. The highest BCUT2D eigenvalue weighted by molar-refractivity contribution is 5.59. The van der Waals surface area contributed by atoms with Crippen LogP contribution in [0.2, 0.25) is 0 Å². The quantitative estimate of drug-likeness (QED) is 0.557. The summed E-state index contributed by atoms with van der Waals surface area (Å²) in [5.74, 6) is 1.59. The lowest BCUT2D eigenvalue weighted by atomic mass is 10.1. The predicted octanol–water partition coefficient (Wildman–Crippen LogP) is 4.71. The highest BCUT2D eigenvalue weighted by atomic mass is 15.3. The molecule has 160 valence electrons. The molecule has 2 aromatic rings. The molecule has 0 bridgehead atoms. The average Bonchev–Trinajstić information content (AvgIpc) is 3.22. The Labute approximate surface area is 180 Å². The van der Waals surface area contributed by atoms with E-state index < -0.39 is 0 Å². The van der Waals surface area contributed by atoms with E-state index in [1.807, 2.05) is 25.1 Å². The summed E-state index contributed by atoms with van der Waals surface area (Å²) < 4.78 is 0. The summed E-state index contributed by atoms with van der Waals surface area (Å²) in [4.78, 5) is 11.9. The Kier molecular flexibility index (Phi) is 8.04. The van der Waals surface area contributed by atoms with Crippen LogP contribution in [0.5, 0.6) is 0 Å². The van der Waals surface area contributed by atoms with Gasteiger partial charge in [0.15, 0.2) is 0 Å². The number of benzene rings is 1. The second kappa shape index (κ2) is 10.9. The maximum absolute atomic E-state index is 9.31. The first-order valence-electron chi connectivity index (χ1n) is 11.3. The van der Waals surface area contributed by atoms with Crippen LogP contribution in [0.15, 0.2) is 24.3 Å². The van der Waals surface area contributed by atoms with E-state index in [9.17, 15) is 5.26 Å². The fourth-order valence-electron chi connectivity index (χ4n) is 3.85. The van der Waals surface area contributed by atoms with Gasteiger partial charge in [-0.15, -0.1) is 0 Å². The lowest BCUT2D eigenvalue weighted by molar-refractivity contribution is 0.527. The monoisotopic (exact) mass is 406 g/mol. The van der Waals surface area contributed by atoms with Crippen molar-refractivity contribution < 1.29 is 0 Å². The zero-order chi connectivity index (χ0) is 21.3. The van der Waals surface area contributed by atoms with E-state index in [1.54, 1.807) is 0 Å². The average molecular weight is 407 g/mol. The van der Waals surface area contributed by atoms with Crippen LogP contribution in [-0.4, -0.2) is 35.6 Å². The van der Waals surface area contributed by atoms with E-state index in [-0.39, 0.29) is 0 Å². The van der Waals surface area contributed by atoms with Gasteiger partial charge in [-0.1, -0.05) is 39.2 Å². The molecule has 0 unspecified atom stereocenters. The van der Waals surface area contributed by atoms with Gasteiger partial charge in [-0.25, -0.2) is 4.98 Å². The lowest BCUT2D eigenvalue weighted by Crippen LogP contribution is -2.33. The number of nitriles is 1. The van der Waals surface area contributed by atoms with Crippen molar-refractivity contribution >= 4 is 17.5 Å². The summed E-state index contributed by atoms with van der Waals surface area (Å²) in [5.41, 5.74) is 3.53. The van der Waals surface area contributed by atoms with E-state index >= 15 is 0 Å². The number of aryl methyl sites for hydroxylation is 2. The van der Waals surface area contributed by atoms with Crippen LogP contribution in [-0.2, 0) is 6.42 Å². The molecule has 0 saturated carbocycles. The van der Waals surface area contributed by atoms with Crippen molar-refractivity contribution in [3.05, 3.63) is 41.1 Å². The molecule has 1 aromatic carbocycles. The van der Waals surface area contributed by atoms with Crippen molar-refractivity contribution in [2.75, 3.05) is 29.9 Å². The van der Waals surface area contributed by atoms with Crippen molar-refractivity contribution in [2.45, 2.75) is 65.3 Å². The van der Waals surface area contributed by atoms with Crippen LogP contribution in [0.1, 0.15) is 62.8 Å². The molecule has 1 atom stereocenters. The summed E-state index contributed by atoms with van der Waals surface area (Å²) in [7, 11) is 0. The minimum absolute atomic E-state index is 0.526. The van der Waals surface area contributed by atoms with Crippen LogP contribution < -0.4 is 15.5 Å². The number of hydrogen-bond donors (Lipinski definition) is 2. The van der Waals surface area contributed by atoms with Crippen molar-refractivity contribution in [2.24, 2.45) is 0 Å². The summed E-state index contributed by atoms with van der Waals surface area (Å²) in [6.07, 6.45) is 6.90. The molecule has 6 nitrogen and oxygen atoms in total. The first-order valence-corrected chi connectivity index (χ1v) is 11.3. The smallest absolute Gasteiger partial charge is 0.229 e. The zero-order valence-electron chi connectivity index (χ0n) is 18.5. The second-order valence-corrected chi connectivity index (χ2v) is 8.15. The van der Waals surface area contributed by atoms with Gasteiger partial charge in [0, 0.05) is 36.6 Å². The van der Waals surface area contributed by atoms with Gasteiger partial charge in [0.25, 0.3) is 0 Å². The van der Waals surface area contributed by atoms with Crippen molar-refractivity contribution in [3.63, 3.8) is 0 Å². The third kappa shape index (κ3) is 5.93. The molecule has 2 heterocycles. The third-order valence-corrected chi connectivity index (χ3v) is 5.61. The van der Waals surface area contributed by atoms with Crippen LogP contribution in [0.3, 0.4) is 0 Å². The maximum atomic E-state index is 9.31. The van der Waals surface area contributed by atoms with Gasteiger partial charge in [0.2, 0.25) is 5.95 Å². The van der Waals surface area contributed by atoms with Crippen LogP contribution >= 0.6 is 0 Å². The Morgan fingerprint density at radius 2 is 2.03 bits per heavy atom. The summed E-state index contributed by atoms with van der Waals surface area (Å²) in [6.45, 7) is 9.44. The molecule has 1 fully saturated rings. The number of anilines is 3. The molecule has 1 aliphatic rings. The molecule has 1 aliphatic heterocycles. The molecule has 0 amide bonds. The van der Waals surface area contributed by atoms with Crippen LogP contribution in [0, 0.1) is 18.3 Å². The summed E-state index contributed by atoms with van der Waals surface area (Å²) in [5, 5.41) is 16.3. The highest BCUT2D eigenvalue weighted by Gasteiger charge is 2.23. The van der Waals surface area contributed by atoms with Crippen molar-refractivity contribution in [1.29, 1.82) is 5.26 Å². The molecular weight excluding hydrogens is 372 g/mol. The largest absolute Gasteiger partial charge is 0.355 e. The van der Waals surface area contributed by atoms with Gasteiger partial charge in [-0.2, -0.15) is 10.2 Å². The van der Waals surface area contributed by atoms with Gasteiger partial charge in [-0.05, 0) is 50.4 Å². The molecule has 0 radical (unpaired) electrons. The van der Waals surface area contributed by atoms with E-state index in [1.165, 1.54) is 19.3 Å². The highest BCUT2D eigenvalue weighted by Crippen LogP contribution is 2.24. The Balaban J connectivity index is 1.73. The molecule has 30 heavy (non-hydrogen) atoms. The molecule has 1 aromatic heterocycles. The molecule has 1 saturated heterocycles. The van der Waals surface area contributed by atoms with E-state index in [2.05, 4.69) is 41.5 Å². The first-order chi connectivity index (χ1) is 14.6. The number of hydrogen-bond acceptors (Lipinski definition) is 6. The number of unbranched alkanes of at least 4 members (excludes halogenated alkanes) is 2. The number of nitrogens with zero attached hydrogens (tertiary/aromatic N) is 4. The topological polar surface area (TPSA) is 76.9 Å². The third-order valence-electron chi connectivity index (χ3n) is 5.61. The normalized spacial score (nSPS) is 15.9. The summed E-state index contributed by atoms with van der Waals surface area (Å²) >= 11 is 0. The van der Waals surface area contributed by atoms with E-state index in [0.29, 0.717) is 17.6 Å². The Morgan fingerprint density at radius 1 is 1.17 bits per heavy atom. The minimum Gasteiger partial charge on any atom is -0.355 e. The van der Waals surface area contributed by atoms with Gasteiger partial charge in [0.1, 0.15) is 5.82 Å². The molecule has 3 rings (SSSR count). The Bertz CT molecular complexity index is 872. The fourth-order valence-corrected chi connectivity index (χ4v) is 3.85. The Hall–Kier alpha value is -2.65. The number of aromatic nitrogens is 2. The second-order valence-electron chi connectivity index (χ2n) is 8.15. The fraction of sp³-hybridized carbons (Fsp3) is 0.542. The summed E-state index contributed by atoms with van der Waals surface area (Å²) in [6, 6.07) is 10.7. The SMILES string of the molecule is CCCCCN[C@H]1CCN(c2cc(CCC)nc(Nc3ccc(C)c(C#N)c3)n2)C1. The molecule has 2 N–H and O–H groups in total. The van der Waals surface area contributed by atoms with Gasteiger partial charge in [-0.3, -0.25) is 0 Å². The van der Waals surface area contributed by atoms with Crippen LogP contribution in [0.4, 0.5) is 17.5 Å². The van der Waals surface area contributed by atoms with Crippen molar-refractivity contribution in [1.82, 2.24) is 15.3 Å². The predicted molar refractivity (Wildman–Crippen MR) is 123 cm³/mol. The molecule has 6 heteroatoms.